The van der Waals surface area contributed by atoms with Crippen LogP contribution < -0.4 is 4.90 Å². The van der Waals surface area contributed by atoms with Crippen LogP contribution in [0.2, 0.25) is 5.02 Å². The summed E-state index contributed by atoms with van der Waals surface area (Å²) < 4.78 is -1.14. The molecule has 1 aromatic rings. The van der Waals surface area contributed by atoms with Crippen LogP contribution in [-0.4, -0.2) is 81.5 Å². The third kappa shape index (κ3) is 4.51. The molecule has 3 heterocycles. The standard InChI is InChI=1S/C28H36ClN3O4S/c1-5-15-30(4)24(34)21-22-25(35)32(17-9-10-18-33)23(28(22)14-13-27(21,3)37-28)26(36)31(16-6-2)20-12-8-7-11-19(20)29/h5-8,11-12,21-23,33H,1-2,9-10,13-18H2,3-4H3/t21-,22+,23?,27+,28?/m1/s1. The number of likely N-dealkylation sites (N-methyl/N-ethyl adjacent to an activating group) is 1. The van der Waals surface area contributed by atoms with Crippen LogP contribution in [0.3, 0.4) is 0 Å². The number of thioether (sulfide) groups is 1. The topological polar surface area (TPSA) is 81.2 Å². The van der Waals surface area contributed by atoms with Gasteiger partial charge in [0.1, 0.15) is 6.04 Å². The maximum Gasteiger partial charge on any atom is 0.251 e. The molecule has 0 radical (unpaired) electrons. The van der Waals surface area contributed by atoms with E-state index in [-0.39, 0.29) is 30.9 Å². The predicted octanol–water partition coefficient (Wildman–Crippen LogP) is 3.76. The highest BCUT2D eigenvalue weighted by atomic mass is 35.5. The van der Waals surface area contributed by atoms with Crippen LogP contribution in [0, 0.1) is 11.8 Å². The number of aliphatic hydroxyl groups excluding tert-OH is 1. The summed E-state index contributed by atoms with van der Waals surface area (Å²) in [4.78, 5) is 47.2. The number of unbranched alkanes of at least 4 members (excludes halogenated alkanes) is 1. The van der Waals surface area contributed by atoms with Crippen LogP contribution in [0.1, 0.15) is 32.6 Å². The van der Waals surface area contributed by atoms with Crippen LogP contribution >= 0.6 is 23.4 Å². The van der Waals surface area contributed by atoms with Crippen LogP contribution in [0.25, 0.3) is 0 Å². The van der Waals surface area contributed by atoms with Gasteiger partial charge >= 0.3 is 0 Å². The number of hydrogen-bond donors (Lipinski definition) is 1. The number of benzene rings is 1. The molecule has 3 saturated heterocycles. The summed E-state index contributed by atoms with van der Waals surface area (Å²) in [6, 6.07) is 6.42. The fourth-order valence-corrected chi connectivity index (χ4v) is 9.07. The lowest BCUT2D eigenvalue weighted by atomic mass is 9.66. The van der Waals surface area contributed by atoms with Gasteiger partial charge in [0.2, 0.25) is 11.8 Å². The molecule has 9 heteroatoms. The molecule has 7 nitrogen and oxygen atoms in total. The van der Waals surface area contributed by atoms with Gasteiger partial charge < -0.3 is 19.8 Å². The Bertz CT molecular complexity index is 1100. The number of hydrogen-bond acceptors (Lipinski definition) is 5. The lowest BCUT2D eigenvalue weighted by Crippen LogP contribution is -2.55. The van der Waals surface area contributed by atoms with Crippen molar-refractivity contribution < 1.29 is 19.5 Å². The summed E-state index contributed by atoms with van der Waals surface area (Å²) in [6.07, 6.45) is 5.85. The first-order valence-corrected chi connectivity index (χ1v) is 14.0. The van der Waals surface area contributed by atoms with E-state index < -0.39 is 27.4 Å². The molecule has 3 fully saturated rings. The predicted molar refractivity (Wildman–Crippen MR) is 149 cm³/mol. The lowest BCUT2D eigenvalue weighted by molar-refractivity contribution is -0.144. The molecule has 37 heavy (non-hydrogen) atoms. The first kappa shape index (κ1) is 27.7. The van der Waals surface area contributed by atoms with Gasteiger partial charge in [-0.3, -0.25) is 14.4 Å². The zero-order chi connectivity index (χ0) is 27.0. The summed E-state index contributed by atoms with van der Waals surface area (Å²) in [5, 5.41) is 9.82. The van der Waals surface area contributed by atoms with E-state index in [4.69, 9.17) is 11.6 Å². The van der Waals surface area contributed by atoms with Crippen molar-refractivity contribution in [1.82, 2.24) is 9.80 Å². The van der Waals surface area contributed by atoms with E-state index in [1.807, 2.05) is 12.1 Å². The van der Waals surface area contributed by atoms with Gasteiger partial charge in [0, 0.05) is 38.0 Å². The van der Waals surface area contributed by atoms with E-state index in [1.54, 1.807) is 57.8 Å². The van der Waals surface area contributed by atoms with E-state index in [9.17, 15) is 19.5 Å². The van der Waals surface area contributed by atoms with Crippen LogP contribution in [0.5, 0.6) is 0 Å². The second kappa shape index (κ2) is 10.8. The number of para-hydroxylation sites is 1. The maximum atomic E-state index is 14.5. The van der Waals surface area contributed by atoms with Crippen molar-refractivity contribution in [2.24, 2.45) is 11.8 Å². The van der Waals surface area contributed by atoms with Crippen molar-refractivity contribution in [3.8, 4) is 0 Å². The number of likely N-dealkylation sites (tertiary alicyclic amines) is 1. The Morgan fingerprint density at radius 3 is 2.54 bits per heavy atom. The molecule has 0 saturated carbocycles. The first-order valence-electron chi connectivity index (χ1n) is 12.8. The second-order valence-electron chi connectivity index (χ2n) is 10.4. The van der Waals surface area contributed by atoms with Crippen molar-refractivity contribution in [2.45, 2.75) is 48.1 Å². The molecule has 200 valence electrons. The van der Waals surface area contributed by atoms with Gasteiger partial charge in [0.25, 0.3) is 5.91 Å². The molecule has 3 aliphatic heterocycles. The van der Waals surface area contributed by atoms with E-state index in [0.29, 0.717) is 43.1 Å². The van der Waals surface area contributed by atoms with E-state index >= 15 is 0 Å². The number of nitrogens with zero attached hydrogens (tertiary/aromatic N) is 3. The highest BCUT2D eigenvalue weighted by molar-refractivity contribution is 8.02. The van der Waals surface area contributed by atoms with Gasteiger partial charge in [-0.15, -0.1) is 24.9 Å². The van der Waals surface area contributed by atoms with Crippen molar-refractivity contribution >= 4 is 46.8 Å². The van der Waals surface area contributed by atoms with Gasteiger partial charge in [0.05, 0.1) is 27.3 Å². The summed E-state index contributed by atoms with van der Waals surface area (Å²) in [5.41, 5.74) is 0.568. The second-order valence-corrected chi connectivity index (χ2v) is 12.7. The zero-order valence-corrected chi connectivity index (χ0v) is 23.1. The monoisotopic (exact) mass is 545 g/mol. The Morgan fingerprint density at radius 2 is 1.89 bits per heavy atom. The Balaban J connectivity index is 1.80. The molecule has 1 N–H and O–H groups in total. The summed E-state index contributed by atoms with van der Waals surface area (Å²) in [7, 11) is 1.74. The third-order valence-corrected chi connectivity index (χ3v) is 10.4. The third-order valence-electron chi connectivity index (χ3n) is 8.08. The Hall–Kier alpha value is -2.29. The molecule has 1 aromatic carbocycles. The van der Waals surface area contributed by atoms with Gasteiger partial charge in [0.15, 0.2) is 0 Å². The zero-order valence-electron chi connectivity index (χ0n) is 21.6. The highest BCUT2D eigenvalue weighted by Crippen LogP contribution is 2.71. The van der Waals surface area contributed by atoms with Gasteiger partial charge in [-0.1, -0.05) is 35.9 Å². The van der Waals surface area contributed by atoms with Gasteiger partial charge in [-0.05, 0) is 44.7 Å². The van der Waals surface area contributed by atoms with Gasteiger partial charge in [-0.2, -0.15) is 0 Å². The first-order chi connectivity index (χ1) is 17.7. The average molecular weight is 546 g/mol. The van der Waals surface area contributed by atoms with Crippen LogP contribution in [0.4, 0.5) is 5.69 Å². The smallest absolute Gasteiger partial charge is 0.251 e. The van der Waals surface area contributed by atoms with Crippen molar-refractivity contribution in [2.75, 3.05) is 38.2 Å². The number of fused-ring (bicyclic) bond motifs is 1. The van der Waals surface area contributed by atoms with Crippen molar-refractivity contribution in [1.29, 1.82) is 0 Å². The molecule has 3 amide bonds. The Morgan fingerprint density at radius 1 is 1.19 bits per heavy atom. The number of carbonyl (C=O) groups excluding carboxylic acids is 3. The van der Waals surface area contributed by atoms with E-state index in [0.717, 1.165) is 6.42 Å². The highest BCUT2D eigenvalue weighted by Gasteiger charge is 2.77. The van der Waals surface area contributed by atoms with Crippen molar-refractivity contribution in [3.63, 3.8) is 0 Å². The minimum absolute atomic E-state index is 0.0116. The lowest BCUT2D eigenvalue weighted by Gasteiger charge is -2.38. The molecule has 0 aliphatic carbocycles. The van der Waals surface area contributed by atoms with Crippen LogP contribution in [0.15, 0.2) is 49.6 Å². The summed E-state index contributed by atoms with van der Waals surface area (Å²) >= 11 is 8.16. The molecule has 5 atom stereocenters. The minimum Gasteiger partial charge on any atom is -0.396 e. The van der Waals surface area contributed by atoms with Crippen molar-refractivity contribution in [3.05, 3.63) is 54.6 Å². The van der Waals surface area contributed by atoms with E-state index in [2.05, 4.69) is 20.1 Å². The maximum absolute atomic E-state index is 14.5. The fraction of sp³-hybridized carbons (Fsp3) is 0.536. The molecule has 1 spiro atoms. The number of carbonyl (C=O) groups is 3. The fourth-order valence-electron chi connectivity index (χ4n) is 6.49. The molecule has 2 bridgehead atoms. The molecule has 3 aliphatic rings. The number of rotatable bonds is 11. The summed E-state index contributed by atoms with van der Waals surface area (Å²) in [6.45, 7) is 10.7. The Kier molecular flexibility index (Phi) is 8.12. The summed E-state index contributed by atoms with van der Waals surface area (Å²) in [5.74, 6) is -1.54. The molecular formula is C28H36ClN3O4S. The number of halogens is 1. The molecule has 2 unspecified atom stereocenters. The van der Waals surface area contributed by atoms with E-state index in [1.165, 1.54) is 0 Å². The number of anilines is 1. The van der Waals surface area contributed by atoms with Crippen LogP contribution in [-0.2, 0) is 14.4 Å². The molecular weight excluding hydrogens is 510 g/mol. The van der Waals surface area contributed by atoms with Gasteiger partial charge in [-0.25, -0.2) is 0 Å². The average Bonchev–Trinajstić information content (AvgIpc) is 3.43. The Labute approximate surface area is 228 Å². The molecule has 0 aromatic heterocycles. The number of amides is 3. The normalized spacial score (nSPS) is 29.8. The number of aliphatic hydroxyl groups is 1. The quantitative estimate of drug-likeness (QED) is 0.338. The largest absolute Gasteiger partial charge is 0.396 e. The molecule has 4 rings (SSSR count). The SMILES string of the molecule is C=CCN(C)C(=O)[C@H]1[C@H]2C(=O)N(CCCCO)C(C(=O)N(CC=C)c3ccccc3Cl)C23CC[C@]1(C)S3. The minimum atomic E-state index is -0.741.